The third-order valence-corrected chi connectivity index (χ3v) is 4.75. The first-order valence-electron chi connectivity index (χ1n) is 9.34. The largest absolute Gasteiger partial charge is 0.489 e. The molecule has 0 saturated heterocycles. The lowest BCUT2D eigenvalue weighted by atomic mass is 10.2. The quantitative estimate of drug-likeness (QED) is 0.366. The molecule has 0 aliphatic rings. The van der Waals surface area contributed by atoms with Gasteiger partial charge in [0.05, 0.1) is 11.9 Å². The molecule has 0 aliphatic carbocycles. The lowest BCUT2D eigenvalue weighted by Crippen LogP contribution is -2.20. The van der Waals surface area contributed by atoms with E-state index in [2.05, 4.69) is 15.5 Å². The lowest BCUT2D eigenvalue weighted by Gasteiger charge is -2.06. The topological polar surface area (TPSA) is 68.0 Å². The fourth-order valence-corrected chi connectivity index (χ4v) is 3.13. The first kappa shape index (κ1) is 19.7. The monoisotopic (exact) mass is 418 g/mol. The summed E-state index contributed by atoms with van der Waals surface area (Å²) in [7, 11) is 0. The Bertz CT molecular complexity index is 1200. The molecule has 6 nitrogen and oxygen atoms in total. The molecule has 1 amide bonds. The highest BCUT2D eigenvalue weighted by Crippen LogP contribution is 2.15. The van der Waals surface area contributed by atoms with Gasteiger partial charge in [0.2, 0.25) is 0 Å². The first-order valence-corrected chi connectivity index (χ1v) is 9.72. The van der Waals surface area contributed by atoms with E-state index in [9.17, 15) is 4.79 Å². The van der Waals surface area contributed by atoms with Crippen molar-refractivity contribution in [3.05, 3.63) is 100 Å². The number of ether oxygens (including phenoxy) is 1. The van der Waals surface area contributed by atoms with Crippen molar-refractivity contribution >= 4 is 29.4 Å². The predicted molar refractivity (Wildman–Crippen MR) is 117 cm³/mol. The van der Waals surface area contributed by atoms with Crippen LogP contribution in [0.3, 0.4) is 0 Å². The highest BCUT2D eigenvalue weighted by molar-refractivity contribution is 6.30. The molecular weight excluding hydrogens is 400 g/mol. The summed E-state index contributed by atoms with van der Waals surface area (Å²) in [6.45, 7) is 2.26. The lowest BCUT2D eigenvalue weighted by molar-refractivity contribution is 0.0948. The number of carbonyl (C=O) groups excluding carboxylic acids is 1. The zero-order valence-electron chi connectivity index (χ0n) is 16.2. The number of hydrogen-bond donors (Lipinski definition) is 1. The Morgan fingerprint density at radius 2 is 1.90 bits per heavy atom. The second-order valence-corrected chi connectivity index (χ2v) is 7.09. The number of rotatable bonds is 6. The van der Waals surface area contributed by atoms with Gasteiger partial charge >= 0.3 is 0 Å². The van der Waals surface area contributed by atoms with Crippen molar-refractivity contribution in [1.29, 1.82) is 0 Å². The van der Waals surface area contributed by atoms with Crippen LogP contribution in [0.1, 0.15) is 27.3 Å². The average molecular weight is 419 g/mol. The van der Waals surface area contributed by atoms with Crippen molar-refractivity contribution < 1.29 is 9.53 Å². The molecule has 2 aromatic heterocycles. The predicted octanol–water partition coefficient (Wildman–Crippen LogP) is 4.64. The molecule has 0 unspecified atom stereocenters. The van der Waals surface area contributed by atoms with Crippen molar-refractivity contribution in [3.63, 3.8) is 0 Å². The number of aromatic nitrogens is 2. The first-order chi connectivity index (χ1) is 14.6. The van der Waals surface area contributed by atoms with Crippen LogP contribution in [0, 0.1) is 6.92 Å². The van der Waals surface area contributed by atoms with Crippen LogP contribution < -0.4 is 10.2 Å². The number of carbonyl (C=O) groups is 1. The number of aryl methyl sites for hydroxylation is 1. The van der Waals surface area contributed by atoms with Crippen LogP contribution in [0.5, 0.6) is 5.75 Å². The molecule has 2 heterocycles. The van der Waals surface area contributed by atoms with E-state index in [1.165, 1.54) is 0 Å². The molecule has 0 saturated carbocycles. The molecule has 1 N–H and O–H groups in total. The number of hydrazone groups is 1. The summed E-state index contributed by atoms with van der Waals surface area (Å²) in [4.78, 5) is 16.9. The standard InChI is InChI=1S/C23H19ClN4O2/c1-16-22(28-13-3-2-4-21(28)26-16)23(29)27-25-14-17-7-11-20(12-8-17)30-15-18-5-9-19(24)10-6-18/h2-14H,15H2,1H3,(H,27,29). The van der Waals surface area contributed by atoms with Crippen LogP contribution in [0.25, 0.3) is 5.65 Å². The molecule has 30 heavy (non-hydrogen) atoms. The minimum atomic E-state index is -0.314. The Hall–Kier alpha value is -3.64. The molecular formula is C23H19ClN4O2. The van der Waals surface area contributed by atoms with Crippen molar-refractivity contribution in [1.82, 2.24) is 14.8 Å². The number of nitrogens with one attached hydrogen (secondary N) is 1. The van der Waals surface area contributed by atoms with Gasteiger partial charge in [0.15, 0.2) is 0 Å². The van der Waals surface area contributed by atoms with E-state index in [1.54, 1.807) is 23.7 Å². The Morgan fingerprint density at radius 1 is 1.13 bits per heavy atom. The van der Waals surface area contributed by atoms with Gasteiger partial charge in [-0.2, -0.15) is 5.10 Å². The Kier molecular flexibility index (Phi) is 5.77. The number of hydrogen-bond acceptors (Lipinski definition) is 4. The van der Waals surface area contributed by atoms with Crippen molar-refractivity contribution in [3.8, 4) is 5.75 Å². The van der Waals surface area contributed by atoms with E-state index in [4.69, 9.17) is 16.3 Å². The number of pyridine rings is 1. The Morgan fingerprint density at radius 3 is 2.67 bits per heavy atom. The average Bonchev–Trinajstić information content (AvgIpc) is 3.10. The van der Waals surface area contributed by atoms with E-state index in [0.717, 1.165) is 22.5 Å². The maximum atomic E-state index is 12.5. The highest BCUT2D eigenvalue weighted by atomic mass is 35.5. The summed E-state index contributed by atoms with van der Waals surface area (Å²) in [5, 5.41) is 4.76. The number of halogens is 1. The third-order valence-electron chi connectivity index (χ3n) is 4.50. The molecule has 0 fully saturated rings. The molecule has 150 valence electrons. The van der Waals surface area contributed by atoms with E-state index in [1.807, 2.05) is 66.7 Å². The zero-order chi connectivity index (χ0) is 20.9. The van der Waals surface area contributed by atoms with Crippen LogP contribution >= 0.6 is 11.6 Å². The van der Waals surface area contributed by atoms with Crippen LogP contribution in [-0.2, 0) is 6.61 Å². The van der Waals surface area contributed by atoms with E-state index >= 15 is 0 Å². The molecule has 0 bridgehead atoms. The molecule has 0 radical (unpaired) electrons. The second-order valence-electron chi connectivity index (χ2n) is 6.66. The summed E-state index contributed by atoms with van der Waals surface area (Å²) < 4.78 is 7.51. The van der Waals surface area contributed by atoms with Gasteiger partial charge in [0.25, 0.3) is 5.91 Å². The molecule has 7 heteroatoms. The number of fused-ring (bicyclic) bond motifs is 1. The third kappa shape index (κ3) is 4.50. The van der Waals surface area contributed by atoms with Gasteiger partial charge < -0.3 is 4.74 Å². The van der Waals surface area contributed by atoms with E-state index in [0.29, 0.717) is 23.0 Å². The minimum absolute atomic E-state index is 0.314. The molecule has 4 rings (SSSR count). The van der Waals surface area contributed by atoms with Gasteiger partial charge in [-0.1, -0.05) is 29.8 Å². The number of imidazole rings is 1. The van der Waals surface area contributed by atoms with Gasteiger partial charge in [-0.25, -0.2) is 10.4 Å². The van der Waals surface area contributed by atoms with Crippen molar-refractivity contribution in [2.24, 2.45) is 5.10 Å². The minimum Gasteiger partial charge on any atom is -0.489 e. The van der Waals surface area contributed by atoms with Gasteiger partial charge in [0.1, 0.15) is 23.7 Å². The normalized spacial score (nSPS) is 11.1. The number of nitrogens with zero attached hydrogens (tertiary/aromatic N) is 3. The molecule has 2 aromatic carbocycles. The smallest absolute Gasteiger partial charge is 0.290 e. The van der Waals surface area contributed by atoms with Crippen molar-refractivity contribution in [2.45, 2.75) is 13.5 Å². The molecule has 0 spiro atoms. The van der Waals surface area contributed by atoms with Crippen molar-refractivity contribution in [2.75, 3.05) is 0 Å². The van der Waals surface area contributed by atoms with Gasteiger partial charge in [-0.3, -0.25) is 9.20 Å². The van der Waals surface area contributed by atoms with Gasteiger partial charge in [-0.15, -0.1) is 0 Å². The zero-order valence-corrected chi connectivity index (χ0v) is 17.0. The summed E-state index contributed by atoms with van der Waals surface area (Å²) in [6.07, 6.45) is 3.39. The molecule has 0 atom stereocenters. The highest BCUT2D eigenvalue weighted by Gasteiger charge is 2.15. The summed E-state index contributed by atoms with van der Waals surface area (Å²) in [5.74, 6) is 0.429. The van der Waals surface area contributed by atoms with Gasteiger partial charge in [-0.05, 0) is 66.6 Å². The maximum Gasteiger partial charge on any atom is 0.290 e. The Labute approximate surface area is 178 Å². The summed E-state index contributed by atoms with van der Waals surface area (Å²) in [6, 6.07) is 20.6. The number of amides is 1. The second kappa shape index (κ2) is 8.80. The summed E-state index contributed by atoms with van der Waals surface area (Å²) in [5.41, 5.74) is 6.27. The fraction of sp³-hybridized carbons (Fsp3) is 0.0870. The van der Waals surface area contributed by atoms with E-state index in [-0.39, 0.29) is 5.91 Å². The van der Waals surface area contributed by atoms with Crippen LogP contribution in [-0.4, -0.2) is 21.5 Å². The maximum absolute atomic E-state index is 12.5. The SMILES string of the molecule is Cc1nc2ccccn2c1C(=O)NN=Cc1ccc(OCc2ccc(Cl)cc2)cc1. The number of benzene rings is 2. The van der Waals surface area contributed by atoms with Crippen LogP contribution in [0.15, 0.2) is 78.0 Å². The van der Waals surface area contributed by atoms with Crippen LogP contribution in [0.2, 0.25) is 5.02 Å². The van der Waals surface area contributed by atoms with Gasteiger partial charge in [0, 0.05) is 11.2 Å². The fourth-order valence-electron chi connectivity index (χ4n) is 3.00. The van der Waals surface area contributed by atoms with Crippen LogP contribution in [0.4, 0.5) is 0 Å². The van der Waals surface area contributed by atoms with E-state index < -0.39 is 0 Å². The molecule has 4 aromatic rings. The molecule has 0 aliphatic heterocycles. The Balaban J connectivity index is 1.35. The summed E-state index contributed by atoms with van der Waals surface area (Å²) >= 11 is 5.89.